The lowest BCUT2D eigenvalue weighted by molar-refractivity contribution is -0.133. The summed E-state index contributed by atoms with van der Waals surface area (Å²) in [4.78, 5) is 10.5. The van der Waals surface area contributed by atoms with Crippen molar-refractivity contribution >= 4 is 33.7 Å². The fourth-order valence-corrected chi connectivity index (χ4v) is 2.30. The van der Waals surface area contributed by atoms with E-state index in [9.17, 15) is 9.18 Å². The van der Waals surface area contributed by atoms with Gasteiger partial charge in [0.25, 0.3) is 0 Å². The highest BCUT2D eigenvalue weighted by Gasteiger charge is 2.17. The highest BCUT2D eigenvalue weighted by molar-refractivity contribution is 9.10. The maximum atomic E-state index is 13.9. The average molecular weight is 347 g/mol. The van der Waals surface area contributed by atoms with Gasteiger partial charge in [-0.3, -0.25) is 4.79 Å². The fourth-order valence-electron chi connectivity index (χ4n) is 1.36. The number of carboxylic acids is 1. The number of nitrogen functional groups attached to an aromatic ring is 1. The average Bonchev–Trinajstić information content (AvgIpc) is 2.72. The lowest BCUT2D eigenvalue weighted by Gasteiger charge is -2.04. The Morgan fingerprint density at radius 2 is 2.26 bits per heavy atom. The summed E-state index contributed by atoms with van der Waals surface area (Å²) >= 11 is 3.98. The summed E-state index contributed by atoms with van der Waals surface area (Å²) in [5.41, 5.74) is 0.187. The normalized spacial score (nSPS) is 10.6. The van der Waals surface area contributed by atoms with Crippen molar-refractivity contribution in [3.63, 3.8) is 0 Å². The Morgan fingerprint density at radius 1 is 1.53 bits per heavy atom. The molecule has 0 atom stereocenters. The minimum atomic E-state index is -0.997. The van der Waals surface area contributed by atoms with Gasteiger partial charge in [-0.05, 0) is 28.1 Å². The molecule has 3 N–H and O–H groups in total. The van der Waals surface area contributed by atoms with Crippen LogP contribution in [0.2, 0.25) is 0 Å². The van der Waals surface area contributed by atoms with Crippen LogP contribution in [0.3, 0.4) is 0 Å². The van der Waals surface area contributed by atoms with Gasteiger partial charge >= 0.3 is 5.97 Å². The molecule has 6 nitrogen and oxygen atoms in total. The van der Waals surface area contributed by atoms with Gasteiger partial charge in [0, 0.05) is 0 Å². The summed E-state index contributed by atoms with van der Waals surface area (Å²) in [6, 6.07) is 4.70. The molecule has 0 saturated heterocycles. The van der Waals surface area contributed by atoms with Gasteiger partial charge in [-0.1, -0.05) is 17.8 Å². The molecule has 0 bridgehead atoms. The Hall–Kier alpha value is -1.61. The second-order valence-corrected chi connectivity index (χ2v) is 5.26. The van der Waals surface area contributed by atoms with Crippen LogP contribution in [0.5, 0.6) is 0 Å². The maximum absolute atomic E-state index is 13.9. The van der Waals surface area contributed by atoms with Crippen molar-refractivity contribution in [2.24, 2.45) is 0 Å². The number of nitrogens with two attached hydrogens (primary N) is 1. The third-order valence-electron chi connectivity index (χ3n) is 2.18. The van der Waals surface area contributed by atoms with Crippen molar-refractivity contribution in [1.82, 2.24) is 14.9 Å². The second-order valence-electron chi connectivity index (χ2n) is 3.46. The minimum absolute atomic E-state index is 0.131. The monoisotopic (exact) mass is 346 g/mol. The Labute approximate surface area is 119 Å². The lowest BCUT2D eigenvalue weighted by atomic mass is 10.2. The van der Waals surface area contributed by atoms with Crippen molar-refractivity contribution in [3.05, 3.63) is 28.5 Å². The number of hydrogen-bond acceptors (Lipinski definition) is 5. The van der Waals surface area contributed by atoms with Crippen molar-refractivity contribution in [1.29, 1.82) is 0 Å². The lowest BCUT2D eigenvalue weighted by Crippen LogP contribution is -2.13. The molecule has 2 aromatic rings. The van der Waals surface area contributed by atoms with E-state index < -0.39 is 11.8 Å². The third kappa shape index (κ3) is 2.87. The number of carbonyl (C=O) groups is 1. The van der Waals surface area contributed by atoms with E-state index in [1.165, 1.54) is 6.07 Å². The minimum Gasteiger partial charge on any atom is -0.481 e. The Bertz CT molecular complexity index is 634. The molecule has 1 aromatic heterocycles. The first kappa shape index (κ1) is 13.8. The van der Waals surface area contributed by atoms with Gasteiger partial charge in [0.2, 0.25) is 5.16 Å². The number of aliphatic carboxylic acids is 1. The van der Waals surface area contributed by atoms with Crippen molar-refractivity contribution < 1.29 is 14.3 Å². The van der Waals surface area contributed by atoms with Crippen molar-refractivity contribution in [2.45, 2.75) is 5.16 Å². The van der Waals surface area contributed by atoms with Crippen LogP contribution in [-0.4, -0.2) is 31.7 Å². The quantitative estimate of drug-likeness (QED) is 0.646. The smallest absolute Gasteiger partial charge is 0.313 e. The standard InChI is InChI=1S/C10H8BrFN4O2S/c11-6-3-1-2-5(8(6)12)9-14-15-10(16(9)13)19-4-7(17)18/h1-3H,4,13H2,(H,17,18). The molecule has 100 valence electrons. The largest absolute Gasteiger partial charge is 0.481 e. The molecule has 0 aliphatic rings. The molecule has 0 saturated carbocycles. The highest BCUT2D eigenvalue weighted by atomic mass is 79.9. The molecule has 0 aliphatic carbocycles. The van der Waals surface area contributed by atoms with Gasteiger partial charge in [0.1, 0.15) is 5.82 Å². The van der Waals surface area contributed by atoms with Gasteiger partial charge in [-0.2, -0.15) is 0 Å². The Morgan fingerprint density at radius 3 is 2.95 bits per heavy atom. The first-order valence-electron chi connectivity index (χ1n) is 5.00. The summed E-state index contributed by atoms with van der Waals surface area (Å²) in [5.74, 6) is 4.17. The van der Waals surface area contributed by atoms with Gasteiger partial charge in [0.15, 0.2) is 5.82 Å². The van der Waals surface area contributed by atoms with E-state index in [0.29, 0.717) is 0 Å². The van der Waals surface area contributed by atoms with Crippen LogP contribution in [0.15, 0.2) is 27.8 Å². The molecule has 0 amide bonds. The number of thioether (sulfide) groups is 1. The van der Waals surface area contributed by atoms with Crippen LogP contribution in [0.4, 0.5) is 4.39 Å². The SMILES string of the molecule is Nn1c(SCC(=O)O)nnc1-c1cccc(Br)c1F. The van der Waals surface area contributed by atoms with E-state index in [-0.39, 0.29) is 26.8 Å². The summed E-state index contributed by atoms with van der Waals surface area (Å²) < 4.78 is 15.3. The zero-order valence-corrected chi connectivity index (χ0v) is 11.8. The van der Waals surface area contributed by atoms with Crippen LogP contribution in [0.1, 0.15) is 0 Å². The molecule has 2 rings (SSSR count). The molecule has 0 unspecified atom stereocenters. The first-order chi connectivity index (χ1) is 9.00. The molecule has 19 heavy (non-hydrogen) atoms. The highest BCUT2D eigenvalue weighted by Crippen LogP contribution is 2.27. The third-order valence-corrected chi connectivity index (χ3v) is 3.72. The fraction of sp³-hybridized carbons (Fsp3) is 0.100. The topological polar surface area (TPSA) is 94.0 Å². The van der Waals surface area contributed by atoms with E-state index in [1.54, 1.807) is 12.1 Å². The van der Waals surface area contributed by atoms with Gasteiger partial charge in [-0.15, -0.1) is 10.2 Å². The van der Waals surface area contributed by atoms with Gasteiger partial charge in [-0.25, -0.2) is 9.07 Å². The maximum Gasteiger partial charge on any atom is 0.313 e. The number of rotatable bonds is 4. The van der Waals surface area contributed by atoms with E-state index in [1.807, 2.05) is 0 Å². The van der Waals surface area contributed by atoms with E-state index in [4.69, 9.17) is 10.9 Å². The van der Waals surface area contributed by atoms with E-state index in [0.717, 1.165) is 16.4 Å². The number of nitrogens with zero attached hydrogens (tertiary/aromatic N) is 3. The van der Waals surface area contributed by atoms with Gasteiger partial charge < -0.3 is 10.9 Å². The molecule has 0 radical (unpaired) electrons. The summed E-state index contributed by atoms with van der Waals surface area (Å²) in [6.45, 7) is 0. The second kappa shape index (κ2) is 5.57. The van der Waals surface area contributed by atoms with Crippen molar-refractivity contribution in [2.75, 3.05) is 11.6 Å². The number of benzene rings is 1. The molecule has 0 aliphatic heterocycles. The summed E-state index contributed by atoms with van der Waals surface area (Å²) in [6.07, 6.45) is 0. The molecule has 0 spiro atoms. The number of aromatic nitrogens is 3. The van der Waals surface area contributed by atoms with Crippen molar-refractivity contribution in [3.8, 4) is 11.4 Å². The molecule has 1 aromatic carbocycles. The van der Waals surface area contributed by atoms with Crippen LogP contribution >= 0.6 is 27.7 Å². The van der Waals surface area contributed by atoms with E-state index in [2.05, 4.69) is 26.1 Å². The zero-order valence-electron chi connectivity index (χ0n) is 9.38. The molecule has 0 fully saturated rings. The number of carboxylic acid groups (broad SMARTS) is 1. The first-order valence-corrected chi connectivity index (χ1v) is 6.78. The number of halogens is 2. The molecular formula is C10H8BrFN4O2S. The zero-order chi connectivity index (χ0) is 14.0. The predicted molar refractivity (Wildman–Crippen MR) is 71.6 cm³/mol. The number of hydrogen-bond donors (Lipinski definition) is 2. The predicted octanol–water partition coefficient (Wildman–Crippen LogP) is 1.74. The molecule has 9 heteroatoms. The van der Waals surface area contributed by atoms with Crippen LogP contribution < -0.4 is 5.84 Å². The van der Waals surface area contributed by atoms with Gasteiger partial charge in [0.05, 0.1) is 15.8 Å². The molecule has 1 heterocycles. The Kier molecular flexibility index (Phi) is 4.05. The molecular weight excluding hydrogens is 339 g/mol. The van der Waals surface area contributed by atoms with E-state index >= 15 is 0 Å². The Balaban J connectivity index is 2.36. The summed E-state index contributed by atoms with van der Waals surface area (Å²) in [5, 5.41) is 16.3. The van der Waals surface area contributed by atoms with Crippen LogP contribution in [0, 0.1) is 5.82 Å². The summed E-state index contributed by atoms with van der Waals surface area (Å²) in [7, 11) is 0. The van der Waals surface area contributed by atoms with Crippen LogP contribution in [0.25, 0.3) is 11.4 Å². The van der Waals surface area contributed by atoms with Crippen LogP contribution in [-0.2, 0) is 4.79 Å².